The Hall–Kier alpha value is -4.92. The number of carbonyl (C=O) groups excluding carboxylic acids is 2. The Morgan fingerprint density at radius 2 is 1.18 bits per heavy atom. The monoisotopic (exact) mass is 730 g/mol. The second kappa shape index (κ2) is 17.1. The van der Waals surface area contributed by atoms with E-state index in [0.717, 1.165) is 22.3 Å². The Bertz CT molecular complexity index is 1750. The van der Waals surface area contributed by atoms with E-state index in [2.05, 4.69) is 41.2 Å². The van der Waals surface area contributed by atoms with Crippen LogP contribution in [0, 0.1) is 11.6 Å². The highest BCUT2D eigenvalue weighted by molar-refractivity contribution is 7.99. The highest BCUT2D eigenvalue weighted by Crippen LogP contribution is 2.38. The number of benzene rings is 2. The average Bonchev–Trinajstić information content (AvgIpc) is 3.75. The zero-order valence-corrected chi connectivity index (χ0v) is 28.3. The van der Waals surface area contributed by atoms with Gasteiger partial charge in [-0.15, -0.1) is 0 Å². The SMILES string of the molecule is CC(=O)NCCSc1nonc1C(=N[C@@H]1Cc2ccc(F)cc21)NO.CC(=O)NCCSc1nonc1C(=N[C@H]1Cc2ccc(F)cc21)NO. The maximum Gasteiger partial charge on any atom is 0.216 e. The van der Waals surface area contributed by atoms with Crippen LogP contribution in [-0.4, -0.2) is 79.1 Å². The Labute approximate surface area is 291 Å². The summed E-state index contributed by atoms with van der Waals surface area (Å²) in [5.41, 5.74) is 8.16. The van der Waals surface area contributed by atoms with Gasteiger partial charge in [0.05, 0.1) is 12.1 Å². The van der Waals surface area contributed by atoms with E-state index >= 15 is 0 Å². The third kappa shape index (κ3) is 9.20. The number of nitrogens with one attached hydrogen (secondary N) is 4. The van der Waals surface area contributed by atoms with Gasteiger partial charge in [0.25, 0.3) is 0 Å². The number of carbonyl (C=O) groups is 2. The minimum absolute atomic E-state index is 0.100. The van der Waals surface area contributed by atoms with Gasteiger partial charge in [-0.3, -0.25) is 40.9 Å². The molecule has 2 amide bonds. The van der Waals surface area contributed by atoms with Crippen molar-refractivity contribution in [1.82, 2.24) is 42.2 Å². The van der Waals surface area contributed by atoms with Crippen LogP contribution >= 0.6 is 23.5 Å². The quantitative estimate of drug-likeness (QED) is 0.0406. The number of rotatable bonds is 12. The number of hydrogen-bond donors (Lipinski definition) is 6. The lowest BCUT2D eigenvalue weighted by molar-refractivity contribution is -0.119. The molecule has 2 atom stereocenters. The lowest BCUT2D eigenvalue weighted by Gasteiger charge is -2.27. The van der Waals surface area contributed by atoms with Gasteiger partial charge in [0.1, 0.15) is 11.6 Å². The summed E-state index contributed by atoms with van der Waals surface area (Å²) in [6, 6.07) is 8.61. The summed E-state index contributed by atoms with van der Waals surface area (Å²) in [5, 5.41) is 40.1. The van der Waals surface area contributed by atoms with Crippen molar-refractivity contribution in [2.24, 2.45) is 9.98 Å². The first-order valence-corrected chi connectivity index (χ1v) is 17.1. The van der Waals surface area contributed by atoms with Crippen LogP contribution in [0.5, 0.6) is 0 Å². The van der Waals surface area contributed by atoms with Crippen LogP contribution in [0.1, 0.15) is 59.6 Å². The highest BCUT2D eigenvalue weighted by atomic mass is 32.2. The van der Waals surface area contributed by atoms with E-state index in [9.17, 15) is 28.8 Å². The van der Waals surface area contributed by atoms with Crippen molar-refractivity contribution >= 4 is 47.0 Å². The summed E-state index contributed by atoms with van der Waals surface area (Å²) in [5.74, 6) is 0.423. The third-order valence-electron chi connectivity index (χ3n) is 7.34. The number of amidine groups is 2. The van der Waals surface area contributed by atoms with E-state index < -0.39 is 0 Å². The molecule has 0 unspecified atom stereocenters. The van der Waals surface area contributed by atoms with E-state index in [0.29, 0.717) is 47.5 Å². The minimum atomic E-state index is -0.325. The molecule has 2 aliphatic rings. The number of hydrogen-bond acceptors (Lipinski definition) is 14. The topological polar surface area (TPSA) is 225 Å². The second-order valence-corrected chi connectivity index (χ2v) is 13.0. The second-order valence-electron chi connectivity index (χ2n) is 10.8. The predicted octanol–water partition coefficient (Wildman–Crippen LogP) is 2.92. The molecule has 2 aromatic heterocycles. The standard InChI is InChI=1S/2C15H16FN5O3S/c2*1-8(22)17-4-5-25-15-13(20-24-21-15)14(19-23)18-12-6-9-2-3-10(16)7-11(9)12/h2*2-3,7,12,23H,4-6H2,1H3,(H,17,22)(H,18,19)/t2*12-/m10/s1. The van der Waals surface area contributed by atoms with Crippen molar-refractivity contribution in [2.45, 2.75) is 48.8 Å². The molecule has 6 rings (SSSR count). The fourth-order valence-electron chi connectivity index (χ4n) is 4.92. The smallest absolute Gasteiger partial charge is 0.216 e. The minimum Gasteiger partial charge on any atom is -0.356 e. The Balaban J connectivity index is 0.000000194. The zero-order valence-electron chi connectivity index (χ0n) is 26.6. The Morgan fingerprint density at radius 1 is 0.760 bits per heavy atom. The largest absolute Gasteiger partial charge is 0.356 e. The number of thioether (sulfide) groups is 2. The molecule has 4 aromatic rings. The van der Waals surface area contributed by atoms with Crippen molar-refractivity contribution in [3.63, 3.8) is 0 Å². The first-order chi connectivity index (χ1) is 24.2. The number of fused-ring (bicyclic) bond motifs is 2. The number of aliphatic imine (C=N–C) groups is 2. The third-order valence-corrected chi connectivity index (χ3v) is 9.24. The predicted molar refractivity (Wildman–Crippen MR) is 176 cm³/mol. The fraction of sp³-hybridized carbons (Fsp3) is 0.333. The van der Waals surface area contributed by atoms with Crippen LogP contribution in [0.4, 0.5) is 8.78 Å². The van der Waals surface area contributed by atoms with Crippen LogP contribution in [-0.2, 0) is 22.4 Å². The van der Waals surface area contributed by atoms with Gasteiger partial charge in [0.2, 0.25) is 11.8 Å². The van der Waals surface area contributed by atoms with Gasteiger partial charge in [-0.25, -0.2) is 18.0 Å². The molecule has 0 fully saturated rings. The van der Waals surface area contributed by atoms with Crippen molar-refractivity contribution in [3.05, 3.63) is 81.7 Å². The van der Waals surface area contributed by atoms with Crippen LogP contribution in [0.3, 0.4) is 0 Å². The average molecular weight is 731 g/mol. The first kappa shape index (κ1) is 36.4. The molecule has 6 N–H and O–H groups in total. The fourth-order valence-corrected chi connectivity index (χ4v) is 6.42. The number of nitrogens with zero attached hydrogens (tertiary/aromatic N) is 6. The van der Waals surface area contributed by atoms with Gasteiger partial charge in [-0.05, 0) is 80.0 Å². The maximum atomic E-state index is 13.4. The van der Waals surface area contributed by atoms with E-state index in [-0.39, 0.29) is 58.6 Å². The molecule has 0 aliphatic heterocycles. The van der Waals surface area contributed by atoms with E-state index in [1.54, 1.807) is 12.1 Å². The van der Waals surface area contributed by atoms with Crippen molar-refractivity contribution in [3.8, 4) is 0 Å². The molecule has 2 aromatic carbocycles. The first-order valence-electron chi connectivity index (χ1n) is 15.1. The Morgan fingerprint density at radius 3 is 1.56 bits per heavy atom. The van der Waals surface area contributed by atoms with Crippen LogP contribution in [0.25, 0.3) is 0 Å². The van der Waals surface area contributed by atoms with E-state index in [1.165, 1.54) is 61.6 Å². The highest BCUT2D eigenvalue weighted by Gasteiger charge is 2.29. The number of halogens is 2. The van der Waals surface area contributed by atoms with Crippen LogP contribution < -0.4 is 21.6 Å². The van der Waals surface area contributed by atoms with Gasteiger partial charge in [-0.2, -0.15) is 0 Å². The Kier molecular flexibility index (Phi) is 12.5. The van der Waals surface area contributed by atoms with Crippen molar-refractivity contribution < 1.29 is 38.0 Å². The molecule has 0 spiro atoms. The van der Waals surface area contributed by atoms with Crippen LogP contribution in [0.2, 0.25) is 0 Å². The molecule has 20 heteroatoms. The van der Waals surface area contributed by atoms with Gasteiger partial charge in [-0.1, -0.05) is 35.7 Å². The molecule has 2 aliphatic carbocycles. The number of amides is 2. The van der Waals surface area contributed by atoms with E-state index in [4.69, 9.17) is 9.26 Å². The van der Waals surface area contributed by atoms with Gasteiger partial charge >= 0.3 is 0 Å². The van der Waals surface area contributed by atoms with Crippen LogP contribution in [0.15, 0.2) is 65.7 Å². The zero-order chi connectivity index (χ0) is 35.6. The molecular formula is C30H32F2N10O6S2. The molecule has 264 valence electrons. The molecule has 0 radical (unpaired) electrons. The normalized spacial score (nSPS) is 16.1. The molecule has 50 heavy (non-hydrogen) atoms. The summed E-state index contributed by atoms with van der Waals surface area (Å²) in [4.78, 5) is 30.5. The summed E-state index contributed by atoms with van der Waals surface area (Å²) >= 11 is 2.61. The van der Waals surface area contributed by atoms with Gasteiger partial charge in [0, 0.05) is 38.4 Å². The molecular weight excluding hydrogens is 699 g/mol. The van der Waals surface area contributed by atoms with Crippen molar-refractivity contribution in [1.29, 1.82) is 0 Å². The lowest BCUT2D eigenvalue weighted by Crippen LogP contribution is -2.26. The summed E-state index contributed by atoms with van der Waals surface area (Å²) in [7, 11) is 0. The molecule has 0 saturated carbocycles. The maximum absolute atomic E-state index is 13.4. The van der Waals surface area contributed by atoms with Gasteiger partial charge < -0.3 is 10.6 Å². The van der Waals surface area contributed by atoms with Gasteiger partial charge in [0.15, 0.2) is 33.1 Å². The summed E-state index contributed by atoms with van der Waals surface area (Å²) in [6.07, 6.45) is 1.30. The molecule has 0 saturated heterocycles. The molecule has 0 bridgehead atoms. The van der Waals surface area contributed by atoms with E-state index in [1.807, 2.05) is 11.0 Å². The lowest BCUT2D eigenvalue weighted by atomic mass is 9.83. The number of hydroxylamine groups is 2. The summed E-state index contributed by atoms with van der Waals surface area (Å²) < 4.78 is 36.2. The molecule has 16 nitrogen and oxygen atoms in total. The molecule has 2 heterocycles. The number of aromatic nitrogens is 4. The summed E-state index contributed by atoms with van der Waals surface area (Å²) in [6.45, 7) is 3.79. The van der Waals surface area contributed by atoms with Crippen molar-refractivity contribution in [2.75, 3.05) is 24.6 Å².